The van der Waals surface area contributed by atoms with Crippen LogP contribution in [0.3, 0.4) is 0 Å². The predicted octanol–water partition coefficient (Wildman–Crippen LogP) is 3.23. The highest BCUT2D eigenvalue weighted by molar-refractivity contribution is 6.33. The molecule has 0 aliphatic carbocycles. The molecule has 122 valence electrons. The van der Waals surface area contributed by atoms with Crippen molar-refractivity contribution in [3.8, 4) is 0 Å². The molecule has 1 saturated heterocycles. The maximum atomic E-state index is 12.1. The molecule has 0 saturated carbocycles. The minimum absolute atomic E-state index is 0.160. The first-order valence-corrected chi connectivity index (χ1v) is 7.93. The zero-order chi connectivity index (χ0) is 16.3. The van der Waals surface area contributed by atoms with Gasteiger partial charge in [-0.2, -0.15) is 4.98 Å². The first-order valence-electron chi connectivity index (χ1n) is 7.17. The topological polar surface area (TPSA) is 58.6 Å². The molecule has 22 heavy (non-hydrogen) atoms. The fraction of sp³-hybridized carbons (Fsp3) is 0.643. The molecule has 0 aromatic carbocycles. The van der Waals surface area contributed by atoms with Gasteiger partial charge in [0.15, 0.2) is 5.82 Å². The Hall–Kier alpha value is -1.27. The van der Waals surface area contributed by atoms with Crippen molar-refractivity contribution in [2.75, 3.05) is 31.1 Å². The van der Waals surface area contributed by atoms with Crippen LogP contribution >= 0.6 is 23.2 Å². The molecule has 2 heterocycles. The van der Waals surface area contributed by atoms with Gasteiger partial charge < -0.3 is 14.5 Å². The van der Waals surface area contributed by atoms with Crippen molar-refractivity contribution in [2.45, 2.75) is 32.8 Å². The van der Waals surface area contributed by atoms with Gasteiger partial charge in [0.25, 0.3) is 0 Å². The summed E-state index contributed by atoms with van der Waals surface area (Å²) in [6, 6.07) is 0. The van der Waals surface area contributed by atoms with Crippen LogP contribution in [0, 0.1) is 0 Å². The lowest BCUT2D eigenvalue weighted by Crippen LogP contribution is -2.39. The van der Waals surface area contributed by atoms with E-state index in [0.29, 0.717) is 30.5 Å². The molecule has 8 heteroatoms. The Kier molecular flexibility index (Phi) is 5.34. The Morgan fingerprint density at radius 1 is 1.23 bits per heavy atom. The average Bonchev–Trinajstić information content (AvgIpc) is 2.65. The van der Waals surface area contributed by atoms with Crippen LogP contribution in [0.1, 0.15) is 27.2 Å². The number of rotatable bonds is 1. The van der Waals surface area contributed by atoms with E-state index < -0.39 is 5.60 Å². The molecule has 1 amide bonds. The third-order valence-corrected chi connectivity index (χ3v) is 3.59. The van der Waals surface area contributed by atoms with E-state index in [1.807, 2.05) is 25.7 Å². The predicted molar refractivity (Wildman–Crippen MR) is 86.7 cm³/mol. The smallest absolute Gasteiger partial charge is 0.410 e. The quantitative estimate of drug-likeness (QED) is 0.730. The minimum atomic E-state index is -0.493. The van der Waals surface area contributed by atoms with Crippen LogP contribution in [-0.2, 0) is 4.74 Å². The van der Waals surface area contributed by atoms with Gasteiger partial charge in [-0.15, -0.1) is 0 Å². The van der Waals surface area contributed by atoms with Crippen molar-refractivity contribution < 1.29 is 9.53 Å². The molecule has 0 unspecified atom stereocenters. The number of hydrogen-bond donors (Lipinski definition) is 0. The van der Waals surface area contributed by atoms with Gasteiger partial charge in [-0.05, 0) is 38.8 Å². The van der Waals surface area contributed by atoms with Gasteiger partial charge >= 0.3 is 6.09 Å². The van der Waals surface area contributed by atoms with Gasteiger partial charge in [0.2, 0.25) is 5.28 Å². The second kappa shape index (κ2) is 6.87. The minimum Gasteiger partial charge on any atom is -0.444 e. The zero-order valence-corrected chi connectivity index (χ0v) is 14.5. The molecular weight excluding hydrogens is 327 g/mol. The molecular formula is C14H20Cl2N4O2. The molecule has 0 bridgehead atoms. The van der Waals surface area contributed by atoms with Gasteiger partial charge in [-0.1, -0.05) is 11.6 Å². The van der Waals surface area contributed by atoms with E-state index in [0.717, 1.165) is 13.0 Å². The van der Waals surface area contributed by atoms with E-state index in [1.165, 1.54) is 6.20 Å². The molecule has 0 spiro atoms. The Bertz CT molecular complexity index is 548. The SMILES string of the molecule is CC(C)(C)OC(=O)N1CCCN(c2nc(Cl)ncc2Cl)CC1. The first kappa shape index (κ1) is 17.1. The normalized spacial score (nSPS) is 16.4. The maximum absolute atomic E-state index is 12.1. The molecule has 1 aliphatic rings. The van der Waals surface area contributed by atoms with Crippen LogP contribution in [0.5, 0.6) is 0 Å². The fourth-order valence-corrected chi connectivity index (χ4v) is 2.54. The summed E-state index contributed by atoms with van der Waals surface area (Å²) in [5.41, 5.74) is -0.493. The second-order valence-corrected chi connectivity index (χ2v) is 6.86. The number of halogens is 2. The Morgan fingerprint density at radius 3 is 2.64 bits per heavy atom. The molecule has 1 aliphatic heterocycles. The molecule has 0 atom stereocenters. The second-order valence-electron chi connectivity index (χ2n) is 6.12. The largest absolute Gasteiger partial charge is 0.444 e. The van der Waals surface area contributed by atoms with E-state index in [2.05, 4.69) is 9.97 Å². The highest BCUT2D eigenvalue weighted by Crippen LogP contribution is 2.25. The lowest BCUT2D eigenvalue weighted by molar-refractivity contribution is 0.0263. The number of ether oxygens (including phenoxy) is 1. The van der Waals surface area contributed by atoms with E-state index in [-0.39, 0.29) is 11.4 Å². The van der Waals surface area contributed by atoms with Crippen LogP contribution in [0.25, 0.3) is 0 Å². The molecule has 1 fully saturated rings. The first-order chi connectivity index (χ1) is 10.3. The highest BCUT2D eigenvalue weighted by Gasteiger charge is 2.25. The third kappa shape index (κ3) is 4.61. The van der Waals surface area contributed by atoms with Crippen molar-refractivity contribution in [1.82, 2.24) is 14.9 Å². The summed E-state index contributed by atoms with van der Waals surface area (Å²) in [5.74, 6) is 0.604. The monoisotopic (exact) mass is 346 g/mol. The Balaban J connectivity index is 2.03. The van der Waals surface area contributed by atoms with Crippen molar-refractivity contribution >= 4 is 35.1 Å². The number of aromatic nitrogens is 2. The average molecular weight is 347 g/mol. The van der Waals surface area contributed by atoms with Gasteiger partial charge in [-0.3, -0.25) is 0 Å². The number of amides is 1. The number of nitrogens with zero attached hydrogens (tertiary/aromatic N) is 4. The van der Waals surface area contributed by atoms with E-state index in [9.17, 15) is 4.79 Å². The summed E-state index contributed by atoms with van der Waals surface area (Å²) in [6.45, 7) is 8.13. The Morgan fingerprint density at radius 2 is 1.95 bits per heavy atom. The summed E-state index contributed by atoms with van der Waals surface area (Å²) in [4.78, 5) is 23.9. The van der Waals surface area contributed by atoms with Gasteiger partial charge in [0, 0.05) is 26.2 Å². The number of carbonyl (C=O) groups is 1. The van der Waals surface area contributed by atoms with E-state index in [1.54, 1.807) is 4.90 Å². The molecule has 0 radical (unpaired) electrons. The van der Waals surface area contributed by atoms with Crippen LogP contribution < -0.4 is 4.90 Å². The van der Waals surface area contributed by atoms with Crippen LogP contribution in [-0.4, -0.2) is 52.7 Å². The zero-order valence-electron chi connectivity index (χ0n) is 13.0. The van der Waals surface area contributed by atoms with Gasteiger partial charge in [0.05, 0.1) is 6.20 Å². The molecule has 2 rings (SSSR count). The van der Waals surface area contributed by atoms with E-state index >= 15 is 0 Å². The molecule has 0 N–H and O–H groups in total. The maximum Gasteiger partial charge on any atom is 0.410 e. The molecule has 1 aromatic rings. The summed E-state index contributed by atoms with van der Waals surface area (Å²) in [5, 5.41) is 0.614. The van der Waals surface area contributed by atoms with Crippen molar-refractivity contribution in [1.29, 1.82) is 0 Å². The summed E-state index contributed by atoms with van der Waals surface area (Å²) in [6.07, 6.45) is 2.00. The summed E-state index contributed by atoms with van der Waals surface area (Å²) < 4.78 is 5.41. The Labute approximate surface area is 140 Å². The van der Waals surface area contributed by atoms with Crippen molar-refractivity contribution in [3.63, 3.8) is 0 Å². The van der Waals surface area contributed by atoms with Crippen LogP contribution in [0.4, 0.5) is 10.6 Å². The van der Waals surface area contributed by atoms with Gasteiger partial charge in [0.1, 0.15) is 10.6 Å². The standard InChI is InChI=1S/C14H20Cl2N4O2/c1-14(2,3)22-13(21)20-6-4-5-19(7-8-20)11-10(15)9-17-12(16)18-11/h9H,4-8H2,1-3H3. The van der Waals surface area contributed by atoms with Crippen LogP contribution in [0.2, 0.25) is 10.3 Å². The highest BCUT2D eigenvalue weighted by atomic mass is 35.5. The summed E-state index contributed by atoms with van der Waals surface area (Å²) >= 11 is 12.0. The third-order valence-electron chi connectivity index (χ3n) is 3.14. The number of anilines is 1. The lowest BCUT2D eigenvalue weighted by Gasteiger charge is -2.26. The fourth-order valence-electron chi connectivity index (χ4n) is 2.20. The lowest BCUT2D eigenvalue weighted by atomic mass is 10.2. The number of hydrogen-bond acceptors (Lipinski definition) is 5. The van der Waals surface area contributed by atoms with Crippen molar-refractivity contribution in [2.24, 2.45) is 0 Å². The van der Waals surface area contributed by atoms with Crippen LogP contribution in [0.15, 0.2) is 6.20 Å². The number of carbonyl (C=O) groups excluding carboxylic acids is 1. The van der Waals surface area contributed by atoms with Gasteiger partial charge in [-0.25, -0.2) is 9.78 Å². The molecule has 6 nitrogen and oxygen atoms in total. The summed E-state index contributed by atoms with van der Waals surface area (Å²) in [7, 11) is 0. The van der Waals surface area contributed by atoms with Crippen molar-refractivity contribution in [3.05, 3.63) is 16.5 Å². The molecule has 1 aromatic heterocycles. The van der Waals surface area contributed by atoms with E-state index in [4.69, 9.17) is 27.9 Å².